The Hall–Kier alpha value is 0.400. The highest BCUT2D eigenvalue weighted by Crippen LogP contribution is 2.26. The van der Waals surface area contributed by atoms with Crippen LogP contribution in [0.1, 0.15) is 0 Å². The highest BCUT2D eigenvalue weighted by atomic mass is 127. The van der Waals surface area contributed by atoms with E-state index in [1.165, 1.54) is 0 Å². The second kappa shape index (κ2) is 2.22. The zero-order valence-corrected chi connectivity index (χ0v) is 8.39. The maximum atomic E-state index is 10.7. The van der Waals surface area contributed by atoms with Crippen molar-refractivity contribution >= 4 is 57.1 Å². The lowest BCUT2D eigenvalue weighted by Gasteiger charge is -2.06. The van der Waals surface area contributed by atoms with Gasteiger partial charge in [-0.1, -0.05) is 0 Å². The largest absolute Gasteiger partial charge is 0.323 e. The van der Waals surface area contributed by atoms with Crippen LogP contribution in [0.2, 0.25) is 0 Å². The van der Waals surface area contributed by atoms with E-state index in [-0.39, 0.29) is 5.91 Å². The van der Waals surface area contributed by atoms with Crippen LogP contribution in [0.4, 0.5) is 4.79 Å². The van der Waals surface area contributed by atoms with E-state index in [9.17, 15) is 9.59 Å². The summed E-state index contributed by atoms with van der Waals surface area (Å²) in [6.07, 6.45) is 0. The Kier molecular flexibility index (Phi) is 1.85. The summed E-state index contributed by atoms with van der Waals surface area (Å²) in [7, 11) is 0. The van der Waals surface area contributed by atoms with Crippen LogP contribution in [0.3, 0.4) is 0 Å². The standard InChI is InChI=1S/C3H2I2N2O2/c4-3(5)1(8)6-2(9)7-3/h(H2,6,7,8,9). The van der Waals surface area contributed by atoms with Crippen molar-refractivity contribution in [2.75, 3.05) is 0 Å². The van der Waals surface area contributed by atoms with Gasteiger partial charge in [0.1, 0.15) is 0 Å². The molecule has 0 bridgehead atoms. The highest BCUT2D eigenvalue weighted by molar-refractivity contribution is 14.2. The molecule has 1 heterocycles. The third-order valence-electron chi connectivity index (χ3n) is 0.783. The van der Waals surface area contributed by atoms with Gasteiger partial charge in [-0.15, -0.1) is 0 Å². The van der Waals surface area contributed by atoms with Crippen molar-refractivity contribution in [3.63, 3.8) is 0 Å². The molecule has 1 aliphatic rings. The monoisotopic (exact) mass is 352 g/mol. The van der Waals surface area contributed by atoms with E-state index in [0.29, 0.717) is 0 Å². The molecule has 0 radical (unpaired) electrons. The molecule has 2 N–H and O–H groups in total. The maximum Gasteiger partial charge on any atom is 0.323 e. The van der Waals surface area contributed by atoms with Gasteiger partial charge >= 0.3 is 6.03 Å². The first-order valence-corrected chi connectivity index (χ1v) is 4.19. The number of imide groups is 1. The number of rotatable bonds is 0. The van der Waals surface area contributed by atoms with Gasteiger partial charge in [0.2, 0.25) is 1.55 Å². The zero-order chi connectivity index (χ0) is 7.07. The average Bonchev–Trinajstić information content (AvgIpc) is 1.79. The van der Waals surface area contributed by atoms with E-state index in [2.05, 4.69) is 10.6 Å². The number of urea groups is 1. The van der Waals surface area contributed by atoms with Crippen molar-refractivity contribution in [3.05, 3.63) is 0 Å². The van der Waals surface area contributed by atoms with E-state index in [0.717, 1.165) is 0 Å². The fourth-order valence-corrected chi connectivity index (χ4v) is 1.17. The molecule has 0 aliphatic carbocycles. The lowest BCUT2D eigenvalue weighted by atomic mass is 10.7. The predicted molar refractivity (Wildman–Crippen MR) is 47.4 cm³/mol. The van der Waals surface area contributed by atoms with Gasteiger partial charge in [0, 0.05) is 0 Å². The summed E-state index contributed by atoms with van der Waals surface area (Å²) < 4.78 is -0.785. The Morgan fingerprint density at radius 1 is 1.33 bits per heavy atom. The minimum atomic E-state index is -0.785. The Morgan fingerprint density at radius 2 is 1.89 bits per heavy atom. The van der Waals surface area contributed by atoms with Crippen molar-refractivity contribution in [2.45, 2.75) is 1.55 Å². The average molecular weight is 352 g/mol. The molecule has 0 aromatic rings. The molecule has 1 saturated heterocycles. The van der Waals surface area contributed by atoms with Crippen molar-refractivity contribution in [2.24, 2.45) is 0 Å². The number of alkyl halides is 2. The van der Waals surface area contributed by atoms with Crippen LogP contribution < -0.4 is 10.6 Å². The predicted octanol–water partition coefficient (Wildman–Crippen LogP) is 0.350. The fourth-order valence-electron chi connectivity index (χ4n) is 0.412. The molecular weight excluding hydrogens is 350 g/mol. The molecular formula is C3H2I2N2O2. The molecule has 0 aromatic heterocycles. The van der Waals surface area contributed by atoms with Crippen molar-refractivity contribution in [3.8, 4) is 0 Å². The number of nitrogens with one attached hydrogen (secondary N) is 2. The fraction of sp³-hybridized carbons (Fsp3) is 0.333. The van der Waals surface area contributed by atoms with E-state index in [1.54, 1.807) is 0 Å². The number of halogens is 2. The van der Waals surface area contributed by atoms with Crippen molar-refractivity contribution < 1.29 is 9.59 Å². The molecule has 0 atom stereocenters. The molecule has 0 spiro atoms. The van der Waals surface area contributed by atoms with Crippen LogP contribution in [-0.4, -0.2) is 13.5 Å². The lowest BCUT2D eigenvalue weighted by Crippen LogP contribution is -2.32. The molecule has 1 rings (SSSR count). The van der Waals surface area contributed by atoms with Crippen LogP contribution in [0, 0.1) is 0 Å². The summed E-state index contributed by atoms with van der Waals surface area (Å²) in [6.45, 7) is 0. The smallest absolute Gasteiger partial charge is 0.307 e. The van der Waals surface area contributed by atoms with Gasteiger partial charge < -0.3 is 5.32 Å². The molecule has 0 unspecified atom stereocenters. The van der Waals surface area contributed by atoms with Gasteiger partial charge in [-0.3, -0.25) is 10.1 Å². The molecule has 9 heavy (non-hydrogen) atoms. The summed E-state index contributed by atoms with van der Waals surface area (Å²) in [5, 5.41) is 4.52. The minimum Gasteiger partial charge on any atom is -0.307 e. The van der Waals surface area contributed by atoms with Gasteiger partial charge in [-0.25, -0.2) is 4.79 Å². The van der Waals surface area contributed by atoms with Gasteiger partial charge in [0.15, 0.2) is 0 Å². The number of carbonyl (C=O) groups is 2. The second-order valence-electron chi connectivity index (χ2n) is 1.48. The summed E-state index contributed by atoms with van der Waals surface area (Å²) in [5.74, 6) is -0.297. The first-order chi connectivity index (χ1) is 4.02. The minimum absolute atomic E-state index is 0.297. The van der Waals surface area contributed by atoms with Gasteiger partial charge in [-0.2, -0.15) is 0 Å². The van der Waals surface area contributed by atoms with Crippen molar-refractivity contribution in [1.29, 1.82) is 0 Å². The Bertz CT molecular complexity index is 179. The van der Waals surface area contributed by atoms with Crippen LogP contribution in [0.25, 0.3) is 0 Å². The molecule has 1 fully saturated rings. The van der Waals surface area contributed by atoms with Gasteiger partial charge in [0.25, 0.3) is 5.91 Å². The van der Waals surface area contributed by atoms with Crippen LogP contribution >= 0.6 is 45.2 Å². The first-order valence-electron chi connectivity index (χ1n) is 2.04. The summed E-state index contributed by atoms with van der Waals surface area (Å²) in [4.78, 5) is 21.1. The van der Waals surface area contributed by atoms with Crippen LogP contribution in [0.15, 0.2) is 0 Å². The molecule has 6 heteroatoms. The molecule has 50 valence electrons. The van der Waals surface area contributed by atoms with E-state index < -0.39 is 7.58 Å². The quantitative estimate of drug-likeness (QED) is 0.286. The molecule has 4 nitrogen and oxygen atoms in total. The third-order valence-corrected chi connectivity index (χ3v) is 2.30. The lowest BCUT2D eigenvalue weighted by molar-refractivity contribution is -0.118. The molecule has 3 amide bonds. The van der Waals surface area contributed by atoms with Gasteiger partial charge in [-0.05, 0) is 45.2 Å². The molecule has 0 saturated carbocycles. The highest BCUT2D eigenvalue weighted by Gasteiger charge is 2.41. The molecule has 1 aliphatic heterocycles. The maximum absolute atomic E-state index is 10.7. The second-order valence-corrected chi connectivity index (χ2v) is 6.78. The van der Waals surface area contributed by atoms with Crippen LogP contribution in [0.5, 0.6) is 0 Å². The number of carbonyl (C=O) groups excluding carboxylic acids is 2. The zero-order valence-electron chi connectivity index (χ0n) is 4.07. The number of hydrogen-bond acceptors (Lipinski definition) is 2. The Labute approximate surface area is 78.4 Å². The van der Waals surface area contributed by atoms with E-state index >= 15 is 0 Å². The summed E-state index contributed by atoms with van der Waals surface area (Å²) in [5.41, 5.74) is 0. The van der Waals surface area contributed by atoms with E-state index in [1.807, 2.05) is 45.2 Å². The summed E-state index contributed by atoms with van der Waals surface area (Å²) in [6, 6.07) is -0.427. The van der Waals surface area contributed by atoms with Crippen LogP contribution in [-0.2, 0) is 4.79 Å². The number of hydrogen-bond donors (Lipinski definition) is 2. The Morgan fingerprint density at radius 3 is 2.00 bits per heavy atom. The number of amides is 3. The van der Waals surface area contributed by atoms with Gasteiger partial charge in [0.05, 0.1) is 0 Å². The normalized spacial score (nSPS) is 23.3. The van der Waals surface area contributed by atoms with E-state index in [4.69, 9.17) is 0 Å². The topological polar surface area (TPSA) is 58.2 Å². The Balaban J connectivity index is 2.81. The van der Waals surface area contributed by atoms with Crippen molar-refractivity contribution in [1.82, 2.24) is 10.6 Å². The molecule has 0 aromatic carbocycles. The SMILES string of the molecule is O=C1NC(=O)C(I)(I)N1. The first kappa shape index (κ1) is 7.51. The summed E-state index contributed by atoms with van der Waals surface area (Å²) >= 11 is 3.70. The third kappa shape index (κ3) is 1.45.